The van der Waals surface area contributed by atoms with Gasteiger partial charge in [-0.15, -0.1) is 0 Å². The first kappa shape index (κ1) is 11.6. The molecule has 0 aliphatic carbocycles. The van der Waals surface area contributed by atoms with Crippen LogP contribution in [0.1, 0.15) is 27.7 Å². The van der Waals surface area contributed by atoms with Crippen LogP contribution in [0.2, 0.25) is 0 Å². The molecule has 0 aromatic carbocycles. The van der Waals surface area contributed by atoms with Gasteiger partial charge in [-0.1, -0.05) is 20.8 Å². The summed E-state index contributed by atoms with van der Waals surface area (Å²) in [6, 6.07) is 3.82. The first-order valence-electron chi connectivity index (χ1n) is 4.24. The molecule has 3 heteroatoms. The van der Waals surface area contributed by atoms with E-state index in [1.54, 1.807) is 0 Å². The Labute approximate surface area is 79.7 Å². The molecule has 13 heavy (non-hydrogen) atoms. The zero-order chi connectivity index (χ0) is 10.5. The fourth-order valence-corrected chi connectivity index (χ4v) is 0.534. The predicted molar refractivity (Wildman–Crippen MR) is 52.1 cm³/mol. The van der Waals surface area contributed by atoms with Gasteiger partial charge >= 0.3 is 0 Å². The molecule has 1 atom stereocenters. The quantitative estimate of drug-likeness (QED) is 0.607. The van der Waals surface area contributed by atoms with Crippen LogP contribution in [0.25, 0.3) is 0 Å². The van der Waals surface area contributed by atoms with Crippen LogP contribution in [0, 0.1) is 34.0 Å². The SMILES string of the molecule is C[C@H](N=CC(C#N)C#N)C(C)(C)C. The van der Waals surface area contributed by atoms with E-state index >= 15 is 0 Å². The van der Waals surface area contributed by atoms with Crippen molar-refractivity contribution in [1.82, 2.24) is 0 Å². The van der Waals surface area contributed by atoms with Crippen molar-refractivity contribution in [1.29, 1.82) is 10.5 Å². The van der Waals surface area contributed by atoms with E-state index in [2.05, 4.69) is 25.8 Å². The number of hydrogen-bond acceptors (Lipinski definition) is 3. The average Bonchev–Trinajstić information content (AvgIpc) is 2.04. The summed E-state index contributed by atoms with van der Waals surface area (Å²) in [4.78, 5) is 4.17. The summed E-state index contributed by atoms with van der Waals surface area (Å²) in [5.74, 6) is -0.718. The molecule has 0 unspecified atom stereocenters. The molecule has 0 aromatic rings. The Kier molecular flexibility index (Phi) is 4.14. The maximum atomic E-state index is 8.48. The average molecular weight is 177 g/mol. The highest BCUT2D eigenvalue weighted by atomic mass is 14.8. The molecule has 0 amide bonds. The highest BCUT2D eigenvalue weighted by Crippen LogP contribution is 2.21. The third-order valence-corrected chi connectivity index (χ3v) is 1.99. The number of aliphatic imine (C=N–C) groups is 1. The first-order chi connectivity index (χ1) is 5.91. The van der Waals surface area contributed by atoms with E-state index < -0.39 is 5.92 Å². The summed E-state index contributed by atoms with van der Waals surface area (Å²) in [5, 5.41) is 17.0. The molecule has 0 saturated heterocycles. The molecular weight excluding hydrogens is 162 g/mol. The number of hydrogen-bond donors (Lipinski definition) is 0. The Bertz CT molecular complexity index is 245. The molecule has 0 N–H and O–H groups in total. The fourth-order valence-electron chi connectivity index (χ4n) is 0.534. The molecule has 0 aliphatic heterocycles. The molecule has 0 heterocycles. The molecule has 0 aromatic heterocycles. The maximum absolute atomic E-state index is 8.48. The third-order valence-electron chi connectivity index (χ3n) is 1.99. The van der Waals surface area contributed by atoms with Gasteiger partial charge in [0.05, 0.1) is 18.2 Å². The van der Waals surface area contributed by atoms with E-state index in [1.165, 1.54) is 6.21 Å². The van der Waals surface area contributed by atoms with Gasteiger partial charge in [0, 0.05) is 6.21 Å². The molecule has 70 valence electrons. The van der Waals surface area contributed by atoms with Gasteiger partial charge < -0.3 is 0 Å². The second-order valence-corrected chi connectivity index (χ2v) is 4.08. The van der Waals surface area contributed by atoms with Crippen molar-refractivity contribution in [3.05, 3.63) is 0 Å². The van der Waals surface area contributed by atoms with Crippen LogP contribution in [0.5, 0.6) is 0 Å². The van der Waals surface area contributed by atoms with E-state index in [-0.39, 0.29) is 11.5 Å². The van der Waals surface area contributed by atoms with Gasteiger partial charge in [-0.25, -0.2) is 0 Å². The lowest BCUT2D eigenvalue weighted by Crippen LogP contribution is -2.21. The number of nitrogens with zero attached hydrogens (tertiary/aromatic N) is 3. The molecular formula is C10H15N3. The summed E-state index contributed by atoms with van der Waals surface area (Å²) < 4.78 is 0. The van der Waals surface area contributed by atoms with Gasteiger partial charge in [0.15, 0.2) is 5.92 Å². The largest absolute Gasteiger partial charge is 0.291 e. The summed E-state index contributed by atoms with van der Waals surface area (Å²) >= 11 is 0. The lowest BCUT2D eigenvalue weighted by atomic mass is 9.88. The van der Waals surface area contributed by atoms with E-state index in [9.17, 15) is 0 Å². The Hall–Kier alpha value is -1.35. The van der Waals surface area contributed by atoms with E-state index in [0.29, 0.717) is 0 Å². The molecule has 0 spiro atoms. The zero-order valence-electron chi connectivity index (χ0n) is 8.57. The van der Waals surface area contributed by atoms with Crippen molar-refractivity contribution in [2.24, 2.45) is 16.3 Å². The molecule has 0 saturated carbocycles. The molecule has 0 bridgehead atoms. The first-order valence-corrected chi connectivity index (χ1v) is 4.24. The summed E-state index contributed by atoms with van der Waals surface area (Å²) in [6.45, 7) is 8.19. The van der Waals surface area contributed by atoms with Crippen LogP contribution in [0.3, 0.4) is 0 Å². The number of rotatable bonds is 2. The van der Waals surface area contributed by atoms with Crippen LogP contribution in [0.15, 0.2) is 4.99 Å². The van der Waals surface area contributed by atoms with Gasteiger partial charge in [0.2, 0.25) is 0 Å². The molecule has 3 nitrogen and oxygen atoms in total. The maximum Gasteiger partial charge on any atom is 0.167 e. The lowest BCUT2D eigenvalue weighted by molar-refractivity contribution is 0.342. The third kappa shape index (κ3) is 4.28. The van der Waals surface area contributed by atoms with Crippen LogP contribution in [0.4, 0.5) is 0 Å². The fraction of sp³-hybridized carbons (Fsp3) is 0.700. The second-order valence-electron chi connectivity index (χ2n) is 4.08. The normalized spacial score (nSPS) is 14.1. The number of nitriles is 2. The van der Waals surface area contributed by atoms with Crippen LogP contribution in [-0.2, 0) is 0 Å². The van der Waals surface area contributed by atoms with Crippen molar-refractivity contribution in [3.63, 3.8) is 0 Å². The van der Waals surface area contributed by atoms with Gasteiger partial charge in [0.1, 0.15) is 0 Å². The van der Waals surface area contributed by atoms with Gasteiger partial charge in [-0.3, -0.25) is 4.99 Å². The second kappa shape index (κ2) is 4.62. The van der Waals surface area contributed by atoms with E-state index in [4.69, 9.17) is 10.5 Å². The molecule has 0 rings (SSSR count). The Balaban J connectivity index is 4.31. The molecule has 0 aliphatic rings. The van der Waals surface area contributed by atoms with Crippen molar-refractivity contribution >= 4 is 6.21 Å². The Morgan fingerprint density at radius 1 is 1.23 bits per heavy atom. The highest BCUT2D eigenvalue weighted by molar-refractivity contribution is 5.67. The standard InChI is InChI=1S/C10H15N3/c1-8(10(2,3)4)13-7-9(5-11)6-12/h7-9H,1-4H3/t8-/m0/s1. The van der Waals surface area contributed by atoms with E-state index in [1.807, 2.05) is 19.1 Å². The van der Waals surface area contributed by atoms with Crippen LogP contribution < -0.4 is 0 Å². The van der Waals surface area contributed by atoms with Crippen molar-refractivity contribution in [3.8, 4) is 12.1 Å². The monoisotopic (exact) mass is 177 g/mol. The highest BCUT2D eigenvalue weighted by Gasteiger charge is 2.18. The Morgan fingerprint density at radius 2 is 1.69 bits per heavy atom. The smallest absolute Gasteiger partial charge is 0.167 e. The zero-order valence-corrected chi connectivity index (χ0v) is 8.57. The van der Waals surface area contributed by atoms with Crippen LogP contribution in [-0.4, -0.2) is 12.3 Å². The topological polar surface area (TPSA) is 59.9 Å². The summed E-state index contributed by atoms with van der Waals surface area (Å²) in [5.41, 5.74) is 0.0754. The minimum atomic E-state index is -0.718. The predicted octanol–water partition coefficient (Wildman–Crippen LogP) is 2.16. The molecule has 0 radical (unpaired) electrons. The summed E-state index contributed by atoms with van der Waals surface area (Å²) in [7, 11) is 0. The minimum Gasteiger partial charge on any atom is -0.291 e. The van der Waals surface area contributed by atoms with E-state index in [0.717, 1.165) is 0 Å². The van der Waals surface area contributed by atoms with Crippen LogP contribution >= 0.6 is 0 Å². The van der Waals surface area contributed by atoms with Crippen molar-refractivity contribution in [2.45, 2.75) is 33.7 Å². The Morgan fingerprint density at radius 3 is 2.00 bits per heavy atom. The van der Waals surface area contributed by atoms with Crippen molar-refractivity contribution < 1.29 is 0 Å². The van der Waals surface area contributed by atoms with Gasteiger partial charge in [-0.05, 0) is 12.3 Å². The van der Waals surface area contributed by atoms with Gasteiger partial charge in [0.25, 0.3) is 0 Å². The summed E-state index contributed by atoms with van der Waals surface area (Å²) in [6.07, 6.45) is 1.43. The van der Waals surface area contributed by atoms with Gasteiger partial charge in [-0.2, -0.15) is 10.5 Å². The molecule has 0 fully saturated rings. The van der Waals surface area contributed by atoms with Crippen molar-refractivity contribution in [2.75, 3.05) is 0 Å². The minimum absolute atomic E-state index is 0.0754. The lowest BCUT2D eigenvalue weighted by Gasteiger charge is -2.23.